The van der Waals surface area contributed by atoms with E-state index in [2.05, 4.69) is 36.8 Å². The van der Waals surface area contributed by atoms with Crippen LogP contribution in [0.3, 0.4) is 0 Å². The zero-order valence-electron chi connectivity index (χ0n) is 9.00. The van der Waals surface area contributed by atoms with Crippen LogP contribution in [0.2, 0.25) is 0 Å². The fourth-order valence-corrected chi connectivity index (χ4v) is 0.890. The fourth-order valence-electron chi connectivity index (χ4n) is 0.890. The second kappa shape index (κ2) is 7.59. The summed E-state index contributed by atoms with van der Waals surface area (Å²) in [6.45, 7) is 6.33. The van der Waals surface area contributed by atoms with E-state index in [0.29, 0.717) is 0 Å². The highest BCUT2D eigenvalue weighted by Crippen LogP contribution is 2.05. The highest BCUT2D eigenvalue weighted by molar-refractivity contribution is 5.71. The van der Waals surface area contributed by atoms with Gasteiger partial charge < -0.3 is 4.84 Å². The summed E-state index contributed by atoms with van der Waals surface area (Å²) in [4.78, 5) is 4.55. The first-order chi connectivity index (χ1) is 6.16. The largest absolute Gasteiger partial charge is 0.399 e. The molecule has 13 heavy (non-hydrogen) atoms. The highest BCUT2D eigenvalue weighted by atomic mass is 16.6. The molecule has 0 aromatic carbocycles. The normalized spacial score (nSPS) is 11.8. The maximum absolute atomic E-state index is 4.55. The lowest BCUT2D eigenvalue weighted by atomic mass is 10.1. The average molecular weight is 181 g/mol. The third kappa shape index (κ3) is 8.86. The van der Waals surface area contributed by atoms with Gasteiger partial charge in [-0.15, -0.1) is 0 Å². The van der Waals surface area contributed by atoms with E-state index in [-0.39, 0.29) is 0 Å². The van der Waals surface area contributed by atoms with Gasteiger partial charge in [0.15, 0.2) is 0 Å². The predicted octanol–water partition coefficient (Wildman–Crippen LogP) is 3.31. The van der Waals surface area contributed by atoms with Crippen molar-refractivity contribution in [3.8, 4) is 0 Å². The summed E-state index contributed by atoms with van der Waals surface area (Å²) in [5, 5.41) is 3.64. The fraction of sp³-hybridized carbons (Fsp3) is 0.545. The Morgan fingerprint density at radius 1 is 1.31 bits per heavy atom. The molecule has 0 spiro atoms. The maximum atomic E-state index is 4.55. The van der Waals surface area contributed by atoms with Gasteiger partial charge in [-0.2, -0.15) is 0 Å². The molecule has 0 radical (unpaired) electrons. The summed E-state index contributed by atoms with van der Waals surface area (Å²) in [5.41, 5.74) is 2.69. The lowest BCUT2D eigenvalue weighted by Gasteiger charge is -1.95. The van der Waals surface area contributed by atoms with E-state index in [1.54, 1.807) is 13.3 Å². The summed E-state index contributed by atoms with van der Waals surface area (Å²) in [7, 11) is 1.54. The molecule has 0 heterocycles. The van der Waals surface area contributed by atoms with Gasteiger partial charge in [0, 0.05) is 0 Å². The topological polar surface area (TPSA) is 21.6 Å². The molecular weight excluding hydrogens is 162 g/mol. The number of nitrogens with zero attached hydrogens (tertiary/aromatic N) is 1. The Hall–Kier alpha value is -1.05. The summed E-state index contributed by atoms with van der Waals surface area (Å²) in [6, 6.07) is 0. The third-order valence-corrected chi connectivity index (χ3v) is 1.62. The van der Waals surface area contributed by atoms with Crippen molar-refractivity contribution in [1.29, 1.82) is 0 Å². The Bertz CT molecular complexity index is 210. The second-order valence-electron chi connectivity index (χ2n) is 3.27. The smallest absolute Gasteiger partial charge is 0.106 e. The van der Waals surface area contributed by atoms with Crippen LogP contribution in [0.15, 0.2) is 28.5 Å². The number of hydrogen-bond acceptors (Lipinski definition) is 2. The molecule has 0 bridgehead atoms. The summed E-state index contributed by atoms with van der Waals surface area (Å²) < 4.78 is 0. The second-order valence-corrected chi connectivity index (χ2v) is 3.27. The molecule has 0 aromatic rings. The van der Waals surface area contributed by atoms with Gasteiger partial charge in [0.25, 0.3) is 0 Å². The Morgan fingerprint density at radius 3 is 2.54 bits per heavy atom. The van der Waals surface area contributed by atoms with Gasteiger partial charge in [0.2, 0.25) is 0 Å². The molecule has 2 heteroatoms. The lowest BCUT2D eigenvalue weighted by molar-refractivity contribution is 0.215. The molecule has 0 atom stereocenters. The Kier molecular flexibility index (Phi) is 6.98. The van der Waals surface area contributed by atoms with Gasteiger partial charge in [0.05, 0.1) is 6.21 Å². The van der Waals surface area contributed by atoms with Crippen molar-refractivity contribution in [2.75, 3.05) is 7.11 Å². The van der Waals surface area contributed by atoms with Gasteiger partial charge in [-0.25, -0.2) is 0 Å². The van der Waals surface area contributed by atoms with E-state index < -0.39 is 0 Å². The average Bonchev–Trinajstić information content (AvgIpc) is 2.04. The molecule has 0 saturated heterocycles. The van der Waals surface area contributed by atoms with Crippen LogP contribution in [0.4, 0.5) is 0 Å². The molecule has 0 fully saturated rings. The zero-order chi connectivity index (χ0) is 10.1. The lowest BCUT2D eigenvalue weighted by Crippen LogP contribution is -1.78. The maximum Gasteiger partial charge on any atom is 0.106 e. The van der Waals surface area contributed by atoms with Crippen LogP contribution in [-0.2, 0) is 4.84 Å². The Labute approximate surface area is 81.0 Å². The molecule has 0 aromatic heterocycles. The SMILES string of the molecule is CON=CC=C(C)CCC=C(C)C. The highest BCUT2D eigenvalue weighted by Gasteiger charge is 1.86. The molecule has 74 valence electrons. The van der Waals surface area contributed by atoms with E-state index in [9.17, 15) is 0 Å². The van der Waals surface area contributed by atoms with Crippen molar-refractivity contribution in [2.45, 2.75) is 33.6 Å². The van der Waals surface area contributed by atoms with Gasteiger partial charge in [0.1, 0.15) is 7.11 Å². The van der Waals surface area contributed by atoms with E-state index in [4.69, 9.17) is 0 Å². The van der Waals surface area contributed by atoms with Crippen LogP contribution in [0.25, 0.3) is 0 Å². The standard InChI is InChI=1S/C11H19NO/c1-10(2)6-5-7-11(3)8-9-12-13-4/h6,8-9H,5,7H2,1-4H3. The Balaban J connectivity index is 3.73. The van der Waals surface area contributed by atoms with Gasteiger partial charge in [-0.3, -0.25) is 0 Å². The van der Waals surface area contributed by atoms with Crippen LogP contribution in [0, 0.1) is 0 Å². The molecule has 0 N–H and O–H groups in total. The summed E-state index contributed by atoms with van der Waals surface area (Å²) in [5.74, 6) is 0. The number of allylic oxidation sites excluding steroid dienone is 4. The van der Waals surface area contributed by atoms with Crippen LogP contribution in [0.5, 0.6) is 0 Å². The first-order valence-corrected chi connectivity index (χ1v) is 4.52. The van der Waals surface area contributed by atoms with Gasteiger partial charge in [-0.05, 0) is 39.7 Å². The Morgan fingerprint density at radius 2 is 2.00 bits per heavy atom. The summed E-state index contributed by atoms with van der Waals surface area (Å²) >= 11 is 0. The molecule has 2 nitrogen and oxygen atoms in total. The summed E-state index contributed by atoms with van der Waals surface area (Å²) in [6.07, 6.45) is 8.08. The van der Waals surface area contributed by atoms with E-state index in [1.165, 1.54) is 11.1 Å². The van der Waals surface area contributed by atoms with Crippen LogP contribution >= 0.6 is 0 Å². The van der Waals surface area contributed by atoms with Crippen molar-refractivity contribution in [1.82, 2.24) is 0 Å². The minimum absolute atomic E-state index is 1.08. The van der Waals surface area contributed by atoms with Gasteiger partial charge >= 0.3 is 0 Å². The zero-order valence-corrected chi connectivity index (χ0v) is 9.00. The minimum Gasteiger partial charge on any atom is -0.399 e. The van der Waals surface area contributed by atoms with Crippen molar-refractivity contribution in [2.24, 2.45) is 5.16 Å². The molecule has 0 aliphatic heterocycles. The van der Waals surface area contributed by atoms with E-state index >= 15 is 0 Å². The van der Waals surface area contributed by atoms with Crippen LogP contribution in [0.1, 0.15) is 33.6 Å². The number of oxime groups is 1. The number of rotatable bonds is 5. The molecular formula is C11H19NO. The molecule has 0 rings (SSSR count). The third-order valence-electron chi connectivity index (χ3n) is 1.62. The van der Waals surface area contributed by atoms with Crippen molar-refractivity contribution in [3.05, 3.63) is 23.3 Å². The molecule has 0 unspecified atom stereocenters. The van der Waals surface area contributed by atoms with Crippen molar-refractivity contribution < 1.29 is 4.84 Å². The van der Waals surface area contributed by atoms with Crippen molar-refractivity contribution in [3.63, 3.8) is 0 Å². The van der Waals surface area contributed by atoms with Gasteiger partial charge in [-0.1, -0.05) is 22.4 Å². The first-order valence-electron chi connectivity index (χ1n) is 4.52. The molecule has 0 saturated carbocycles. The minimum atomic E-state index is 1.08. The van der Waals surface area contributed by atoms with Crippen LogP contribution in [-0.4, -0.2) is 13.3 Å². The van der Waals surface area contributed by atoms with E-state index in [1.807, 2.05) is 6.08 Å². The van der Waals surface area contributed by atoms with Crippen LogP contribution < -0.4 is 0 Å². The molecule has 0 aliphatic carbocycles. The van der Waals surface area contributed by atoms with E-state index in [0.717, 1.165) is 12.8 Å². The quantitative estimate of drug-likeness (QED) is 0.362. The molecule has 0 aliphatic rings. The van der Waals surface area contributed by atoms with Crippen molar-refractivity contribution >= 4 is 6.21 Å². The number of hydrogen-bond donors (Lipinski definition) is 0. The predicted molar refractivity (Wildman–Crippen MR) is 57.9 cm³/mol. The molecule has 0 amide bonds. The first kappa shape index (κ1) is 11.9. The monoisotopic (exact) mass is 181 g/mol.